The number of hydrogen-bond donors (Lipinski definition) is 1. The third-order valence-electron chi connectivity index (χ3n) is 6.08. The van der Waals surface area contributed by atoms with E-state index >= 15 is 0 Å². The van der Waals surface area contributed by atoms with Crippen molar-refractivity contribution in [1.82, 2.24) is 14.7 Å². The van der Waals surface area contributed by atoms with E-state index in [1.165, 1.54) is 0 Å². The van der Waals surface area contributed by atoms with Crippen LogP contribution in [0, 0.1) is 11.8 Å². The van der Waals surface area contributed by atoms with Gasteiger partial charge in [-0.1, -0.05) is 13.8 Å². The number of nitrogens with one attached hydrogen (secondary N) is 1. The number of aromatic nitrogens is 2. The molecule has 0 aromatic carbocycles. The minimum Gasteiger partial charge on any atom is -0.367 e. The minimum atomic E-state index is -4.33. The fraction of sp³-hybridized carbons (Fsp3) is 0.778. The highest BCUT2D eigenvalue weighted by atomic mass is 19.4. The van der Waals surface area contributed by atoms with Gasteiger partial charge in [0, 0.05) is 24.6 Å². The van der Waals surface area contributed by atoms with E-state index in [4.69, 9.17) is 0 Å². The van der Waals surface area contributed by atoms with Crippen LogP contribution in [0.3, 0.4) is 0 Å². The standard InChI is InChI=1S/C18H25F3N4O/c1-3-11-8-15(18(19,20)21)25-16(22-11)9-13(23-25)14-5-4-6-24(14)17(26)12-7-10(12)2/h9-12,14-15,22H,3-8H2,1-2H3/t10?,11-,12?,14?,15-/m1/s1. The van der Waals surface area contributed by atoms with E-state index in [0.29, 0.717) is 30.4 Å². The number of amides is 1. The first kappa shape index (κ1) is 17.7. The Labute approximate surface area is 150 Å². The summed E-state index contributed by atoms with van der Waals surface area (Å²) in [5.41, 5.74) is 0.581. The van der Waals surface area contributed by atoms with Gasteiger partial charge in [0.25, 0.3) is 0 Å². The number of anilines is 1. The second-order valence-corrected chi connectivity index (χ2v) is 7.95. The molecule has 3 unspecified atom stereocenters. The highest BCUT2D eigenvalue weighted by molar-refractivity contribution is 5.82. The number of likely N-dealkylation sites (tertiary alicyclic amines) is 1. The Morgan fingerprint density at radius 2 is 2.12 bits per heavy atom. The molecule has 4 rings (SSSR count). The Hall–Kier alpha value is -1.73. The van der Waals surface area contributed by atoms with Crippen LogP contribution in [-0.2, 0) is 4.79 Å². The van der Waals surface area contributed by atoms with Crippen molar-refractivity contribution in [2.75, 3.05) is 11.9 Å². The van der Waals surface area contributed by atoms with Crippen molar-refractivity contribution >= 4 is 11.7 Å². The maximum absolute atomic E-state index is 13.5. The molecule has 1 saturated heterocycles. The molecule has 1 aromatic heterocycles. The summed E-state index contributed by atoms with van der Waals surface area (Å²) >= 11 is 0. The molecule has 1 saturated carbocycles. The van der Waals surface area contributed by atoms with Gasteiger partial charge >= 0.3 is 6.18 Å². The molecule has 8 heteroatoms. The predicted octanol–water partition coefficient (Wildman–Crippen LogP) is 3.90. The Balaban J connectivity index is 1.62. The normalized spacial score (nSPS) is 33.7. The van der Waals surface area contributed by atoms with Crippen molar-refractivity contribution in [3.8, 4) is 0 Å². The Kier molecular flexibility index (Phi) is 4.19. The van der Waals surface area contributed by atoms with Gasteiger partial charge in [0.15, 0.2) is 6.04 Å². The topological polar surface area (TPSA) is 50.2 Å². The molecule has 0 bridgehead atoms. The van der Waals surface area contributed by atoms with Crippen molar-refractivity contribution in [2.24, 2.45) is 11.8 Å². The van der Waals surface area contributed by atoms with Crippen molar-refractivity contribution in [3.63, 3.8) is 0 Å². The quantitative estimate of drug-likeness (QED) is 0.878. The zero-order valence-corrected chi connectivity index (χ0v) is 15.1. The highest BCUT2D eigenvalue weighted by Gasteiger charge is 2.48. The van der Waals surface area contributed by atoms with Gasteiger partial charge < -0.3 is 10.2 Å². The lowest BCUT2D eigenvalue weighted by molar-refractivity contribution is -0.173. The van der Waals surface area contributed by atoms with Gasteiger partial charge in [0.1, 0.15) is 5.82 Å². The van der Waals surface area contributed by atoms with Gasteiger partial charge in [0.05, 0.1) is 11.7 Å². The van der Waals surface area contributed by atoms with E-state index in [-0.39, 0.29) is 30.3 Å². The number of halogens is 3. The third kappa shape index (κ3) is 2.97. The fourth-order valence-corrected chi connectivity index (χ4v) is 4.32. The number of fused-ring (bicyclic) bond motifs is 1. The lowest BCUT2D eigenvalue weighted by Gasteiger charge is -2.32. The van der Waals surface area contributed by atoms with E-state index < -0.39 is 12.2 Å². The van der Waals surface area contributed by atoms with Crippen LogP contribution >= 0.6 is 0 Å². The Morgan fingerprint density at radius 3 is 2.73 bits per heavy atom. The van der Waals surface area contributed by atoms with E-state index in [9.17, 15) is 18.0 Å². The molecule has 1 N–H and O–H groups in total. The van der Waals surface area contributed by atoms with Gasteiger partial charge in [-0.2, -0.15) is 18.3 Å². The molecule has 0 radical (unpaired) electrons. The van der Waals surface area contributed by atoms with Crippen molar-refractivity contribution in [3.05, 3.63) is 11.8 Å². The second kappa shape index (κ2) is 6.16. The molecule has 1 aromatic rings. The molecule has 26 heavy (non-hydrogen) atoms. The Bertz CT molecular complexity index is 701. The number of hydrogen-bond acceptors (Lipinski definition) is 3. The first-order valence-corrected chi connectivity index (χ1v) is 9.52. The van der Waals surface area contributed by atoms with Crippen LogP contribution in [0.4, 0.5) is 19.0 Å². The zero-order valence-electron chi connectivity index (χ0n) is 15.1. The SMILES string of the molecule is CC[C@@H]1C[C@H](C(F)(F)F)n2nc(C3CCCN3C(=O)C3CC3C)cc2N1. The van der Waals surface area contributed by atoms with Crippen LogP contribution in [0.1, 0.15) is 63.7 Å². The highest BCUT2D eigenvalue weighted by Crippen LogP contribution is 2.45. The van der Waals surface area contributed by atoms with Crippen LogP contribution in [-0.4, -0.2) is 39.4 Å². The maximum atomic E-state index is 13.5. The Morgan fingerprint density at radius 1 is 1.38 bits per heavy atom. The number of alkyl halides is 3. The molecular weight excluding hydrogens is 345 g/mol. The van der Waals surface area contributed by atoms with Crippen LogP contribution in [0.25, 0.3) is 0 Å². The minimum absolute atomic E-state index is 0.0129. The first-order valence-electron chi connectivity index (χ1n) is 9.52. The van der Waals surface area contributed by atoms with E-state index in [1.807, 2.05) is 11.8 Å². The average Bonchev–Trinajstić information content (AvgIpc) is 3.01. The first-order chi connectivity index (χ1) is 12.3. The molecule has 3 aliphatic rings. The average molecular weight is 370 g/mol. The van der Waals surface area contributed by atoms with Crippen LogP contribution in [0.15, 0.2) is 6.07 Å². The maximum Gasteiger partial charge on any atom is 0.410 e. The smallest absolute Gasteiger partial charge is 0.367 e. The molecule has 5 nitrogen and oxygen atoms in total. The number of carbonyl (C=O) groups excluding carboxylic acids is 1. The fourth-order valence-electron chi connectivity index (χ4n) is 4.32. The van der Waals surface area contributed by atoms with E-state index in [0.717, 1.165) is 23.9 Å². The number of rotatable bonds is 3. The summed E-state index contributed by atoms with van der Waals surface area (Å²) in [5, 5.41) is 7.50. The largest absolute Gasteiger partial charge is 0.410 e. The van der Waals surface area contributed by atoms with Crippen molar-refractivity contribution < 1.29 is 18.0 Å². The van der Waals surface area contributed by atoms with Gasteiger partial charge in [-0.3, -0.25) is 4.79 Å². The number of nitrogens with zero attached hydrogens (tertiary/aromatic N) is 3. The summed E-state index contributed by atoms with van der Waals surface area (Å²) in [6.45, 7) is 4.61. The van der Waals surface area contributed by atoms with Crippen LogP contribution < -0.4 is 5.32 Å². The molecule has 1 amide bonds. The van der Waals surface area contributed by atoms with Crippen LogP contribution in [0.5, 0.6) is 0 Å². The lowest BCUT2D eigenvalue weighted by atomic mass is 10.0. The molecule has 2 fully saturated rings. The van der Waals surface area contributed by atoms with E-state index in [1.54, 1.807) is 6.07 Å². The molecule has 5 atom stereocenters. The summed E-state index contributed by atoms with van der Waals surface area (Å²) in [6, 6.07) is -0.310. The predicted molar refractivity (Wildman–Crippen MR) is 90.6 cm³/mol. The van der Waals surface area contributed by atoms with Crippen LogP contribution in [0.2, 0.25) is 0 Å². The van der Waals surface area contributed by atoms with Gasteiger partial charge in [-0.25, -0.2) is 4.68 Å². The van der Waals surface area contributed by atoms with Gasteiger partial charge in [0.2, 0.25) is 5.91 Å². The van der Waals surface area contributed by atoms with Gasteiger partial charge in [-0.15, -0.1) is 0 Å². The summed E-state index contributed by atoms with van der Waals surface area (Å²) in [5.74, 6) is 1.05. The molecule has 144 valence electrons. The lowest BCUT2D eigenvalue weighted by Crippen LogP contribution is -2.39. The monoisotopic (exact) mass is 370 g/mol. The van der Waals surface area contributed by atoms with E-state index in [2.05, 4.69) is 17.3 Å². The molecular formula is C18H25F3N4O. The molecule has 1 aliphatic carbocycles. The van der Waals surface area contributed by atoms with Crippen molar-refractivity contribution in [1.29, 1.82) is 0 Å². The molecule has 0 spiro atoms. The second-order valence-electron chi connectivity index (χ2n) is 7.95. The summed E-state index contributed by atoms with van der Waals surface area (Å²) in [6.07, 6.45) is -1.17. The zero-order chi connectivity index (χ0) is 18.6. The summed E-state index contributed by atoms with van der Waals surface area (Å²) in [4.78, 5) is 14.5. The van der Waals surface area contributed by atoms with Crippen molar-refractivity contribution in [2.45, 2.75) is 70.3 Å². The summed E-state index contributed by atoms with van der Waals surface area (Å²) in [7, 11) is 0. The summed E-state index contributed by atoms with van der Waals surface area (Å²) < 4.78 is 41.7. The molecule has 2 aliphatic heterocycles. The third-order valence-corrected chi connectivity index (χ3v) is 6.08. The molecule has 3 heterocycles. The number of carbonyl (C=O) groups is 1. The van der Waals surface area contributed by atoms with Gasteiger partial charge in [-0.05, 0) is 38.0 Å².